The van der Waals surface area contributed by atoms with Gasteiger partial charge >= 0.3 is 0 Å². The van der Waals surface area contributed by atoms with Crippen LogP contribution in [0.3, 0.4) is 0 Å². The van der Waals surface area contributed by atoms with Gasteiger partial charge in [0.1, 0.15) is 6.10 Å². The molecule has 2 aromatic rings. The number of benzene rings is 1. The summed E-state index contributed by atoms with van der Waals surface area (Å²) in [6.45, 7) is 1.87. The average molecular weight is 336 g/mol. The Bertz CT molecular complexity index is 612. The second kappa shape index (κ2) is 7.27. The summed E-state index contributed by atoms with van der Waals surface area (Å²) in [6, 6.07) is 11.7. The number of halogens is 1. The lowest BCUT2D eigenvalue weighted by molar-refractivity contribution is -0.139. The molecule has 22 heavy (non-hydrogen) atoms. The number of hydrogen-bond donors (Lipinski definition) is 0. The molecule has 1 saturated heterocycles. The third-order valence-corrected chi connectivity index (χ3v) is 5.01. The van der Waals surface area contributed by atoms with Crippen LogP contribution < -0.4 is 0 Å². The van der Waals surface area contributed by atoms with Crippen LogP contribution in [-0.2, 0) is 16.0 Å². The first kappa shape index (κ1) is 15.5. The lowest BCUT2D eigenvalue weighted by Crippen LogP contribution is -2.42. The predicted octanol–water partition coefficient (Wildman–Crippen LogP) is 3.93. The highest BCUT2D eigenvalue weighted by Crippen LogP contribution is 2.24. The van der Waals surface area contributed by atoms with E-state index >= 15 is 0 Å². The zero-order valence-electron chi connectivity index (χ0n) is 12.2. The maximum atomic E-state index is 12.4. The van der Waals surface area contributed by atoms with Gasteiger partial charge in [-0.15, -0.1) is 11.3 Å². The van der Waals surface area contributed by atoms with Gasteiger partial charge in [-0.25, -0.2) is 0 Å². The van der Waals surface area contributed by atoms with Crippen LogP contribution in [-0.4, -0.2) is 30.5 Å². The smallest absolute Gasteiger partial charge is 0.223 e. The number of amides is 1. The van der Waals surface area contributed by atoms with Gasteiger partial charge in [0.15, 0.2) is 0 Å². The van der Waals surface area contributed by atoms with Gasteiger partial charge in [0, 0.05) is 22.9 Å². The number of nitrogens with zero attached hydrogens (tertiary/aromatic N) is 1. The molecule has 5 heteroatoms. The largest absolute Gasteiger partial charge is 0.370 e. The molecule has 1 aromatic carbocycles. The maximum absolute atomic E-state index is 12.4. The van der Waals surface area contributed by atoms with E-state index in [-0.39, 0.29) is 12.0 Å². The van der Waals surface area contributed by atoms with E-state index in [0.717, 1.165) is 12.0 Å². The monoisotopic (exact) mass is 335 g/mol. The Morgan fingerprint density at radius 1 is 1.32 bits per heavy atom. The quantitative estimate of drug-likeness (QED) is 0.847. The summed E-state index contributed by atoms with van der Waals surface area (Å²) in [7, 11) is 0. The Labute approximate surface area is 139 Å². The Morgan fingerprint density at radius 3 is 2.86 bits per heavy atom. The van der Waals surface area contributed by atoms with Gasteiger partial charge in [-0.3, -0.25) is 4.79 Å². The number of morpholine rings is 1. The number of carbonyl (C=O) groups excluding carboxylic acids is 1. The van der Waals surface area contributed by atoms with Crippen LogP contribution in [0.25, 0.3) is 0 Å². The molecular formula is C17H18ClNO2S. The van der Waals surface area contributed by atoms with Crippen LogP contribution >= 0.6 is 22.9 Å². The summed E-state index contributed by atoms with van der Waals surface area (Å²) < 4.78 is 5.80. The normalized spacial score (nSPS) is 18.4. The third kappa shape index (κ3) is 3.88. The van der Waals surface area contributed by atoms with Crippen molar-refractivity contribution in [3.8, 4) is 0 Å². The van der Waals surface area contributed by atoms with Crippen LogP contribution in [0.4, 0.5) is 0 Å². The molecule has 1 aliphatic heterocycles. The van der Waals surface area contributed by atoms with Crippen molar-refractivity contribution < 1.29 is 9.53 Å². The molecule has 1 aliphatic rings. The summed E-state index contributed by atoms with van der Waals surface area (Å²) in [5, 5.41) is 2.76. The summed E-state index contributed by atoms with van der Waals surface area (Å²) in [6.07, 6.45) is 1.32. The molecule has 0 radical (unpaired) electrons. The zero-order chi connectivity index (χ0) is 15.4. The Hall–Kier alpha value is -1.36. The van der Waals surface area contributed by atoms with E-state index in [1.54, 1.807) is 11.3 Å². The molecule has 1 amide bonds. The Balaban J connectivity index is 1.57. The van der Waals surface area contributed by atoms with Crippen molar-refractivity contribution in [2.45, 2.75) is 18.9 Å². The first-order valence-electron chi connectivity index (χ1n) is 7.39. The molecule has 0 bridgehead atoms. The molecule has 3 nitrogen and oxygen atoms in total. The summed E-state index contributed by atoms with van der Waals surface area (Å²) >= 11 is 7.62. The molecule has 0 N–H and O–H groups in total. The molecule has 0 spiro atoms. The highest BCUT2D eigenvalue weighted by Gasteiger charge is 2.25. The minimum Gasteiger partial charge on any atom is -0.370 e. The standard InChI is InChI=1S/C17H18ClNO2S/c18-14-5-3-13(4-6-14)16-12-19(9-10-21-16)17(20)8-7-15-2-1-11-22-15/h1-6,11,16H,7-10,12H2. The predicted molar refractivity (Wildman–Crippen MR) is 89.4 cm³/mol. The minimum atomic E-state index is -0.0586. The van der Waals surface area contributed by atoms with Crippen LogP contribution in [0.15, 0.2) is 41.8 Å². The van der Waals surface area contributed by atoms with Gasteiger partial charge in [0.05, 0.1) is 13.2 Å². The van der Waals surface area contributed by atoms with E-state index < -0.39 is 0 Å². The van der Waals surface area contributed by atoms with E-state index in [4.69, 9.17) is 16.3 Å². The van der Waals surface area contributed by atoms with Crippen molar-refractivity contribution in [1.82, 2.24) is 4.90 Å². The molecule has 2 heterocycles. The van der Waals surface area contributed by atoms with Crippen molar-refractivity contribution in [2.24, 2.45) is 0 Å². The summed E-state index contributed by atoms with van der Waals surface area (Å²) in [5.41, 5.74) is 1.07. The van der Waals surface area contributed by atoms with Crippen molar-refractivity contribution in [1.29, 1.82) is 0 Å². The number of aryl methyl sites for hydroxylation is 1. The lowest BCUT2D eigenvalue weighted by Gasteiger charge is -2.33. The number of ether oxygens (including phenoxy) is 1. The Kier molecular flexibility index (Phi) is 5.13. The highest BCUT2D eigenvalue weighted by atomic mass is 35.5. The number of thiophene rings is 1. The van der Waals surface area contributed by atoms with E-state index in [9.17, 15) is 4.79 Å². The SMILES string of the molecule is O=C(CCc1cccs1)N1CCOC(c2ccc(Cl)cc2)C1. The Morgan fingerprint density at radius 2 is 2.14 bits per heavy atom. The van der Waals surface area contributed by atoms with Crippen LogP contribution in [0.5, 0.6) is 0 Å². The second-order valence-corrected chi connectivity index (χ2v) is 6.80. The second-order valence-electron chi connectivity index (χ2n) is 5.33. The number of hydrogen-bond acceptors (Lipinski definition) is 3. The van der Waals surface area contributed by atoms with Gasteiger partial charge < -0.3 is 9.64 Å². The van der Waals surface area contributed by atoms with Gasteiger partial charge in [0.2, 0.25) is 5.91 Å². The number of rotatable bonds is 4. The number of carbonyl (C=O) groups is 1. The minimum absolute atomic E-state index is 0.0586. The van der Waals surface area contributed by atoms with E-state index in [0.29, 0.717) is 31.1 Å². The fraction of sp³-hybridized carbons (Fsp3) is 0.353. The molecule has 3 rings (SSSR count). The first-order chi connectivity index (χ1) is 10.7. The van der Waals surface area contributed by atoms with Crippen LogP contribution in [0.2, 0.25) is 5.02 Å². The van der Waals surface area contributed by atoms with Crippen molar-refractivity contribution >= 4 is 28.8 Å². The summed E-state index contributed by atoms with van der Waals surface area (Å²) in [4.78, 5) is 15.6. The van der Waals surface area contributed by atoms with Gasteiger partial charge in [-0.1, -0.05) is 29.8 Å². The fourth-order valence-electron chi connectivity index (χ4n) is 2.60. The molecule has 116 valence electrons. The van der Waals surface area contributed by atoms with E-state index in [1.165, 1.54) is 4.88 Å². The molecular weight excluding hydrogens is 318 g/mol. The molecule has 0 aliphatic carbocycles. The van der Waals surface area contributed by atoms with Gasteiger partial charge in [-0.05, 0) is 35.6 Å². The lowest BCUT2D eigenvalue weighted by atomic mass is 10.1. The van der Waals surface area contributed by atoms with E-state index in [1.807, 2.05) is 40.6 Å². The highest BCUT2D eigenvalue weighted by molar-refractivity contribution is 7.09. The molecule has 1 aromatic heterocycles. The maximum Gasteiger partial charge on any atom is 0.223 e. The molecule has 1 atom stereocenters. The molecule has 1 unspecified atom stereocenters. The van der Waals surface area contributed by atoms with Crippen LogP contribution in [0, 0.1) is 0 Å². The van der Waals surface area contributed by atoms with Crippen molar-refractivity contribution in [3.05, 3.63) is 57.2 Å². The van der Waals surface area contributed by atoms with Gasteiger partial charge in [-0.2, -0.15) is 0 Å². The van der Waals surface area contributed by atoms with Gasteiger partial charge in [0.25, 0.3) is 0 Å². The molecule has 1 fully saturated rings. The zero-order valence-corrected chi connectivity index (χ0v) is 13.8. The average Bonchev–Trinajstić information content (AvgIpc) is 3.07. The molecule has 0 saturated carbocycles. The third-order valence-electron chi connectivity index (χ3n) is 3.83. The van der Waals surface area contributed by atoms with Crippen LogP contribution in [0.1, 0.15) is 23.0 Å². The fourth-order valence-corrected chi connectivity index (χ4v) is 3.43. The van der Waals surface area contributed by atoms with Crippen molar-refractivity contribution in [2.75, 3.05) is 19.7 Å². The van der Waals surface area contributed by atoms with Crippen molar-refractivity contribution in [3.63, 3.8) is 0 Å². The summed E-state index contributed by atoms with van der Waals surface area (Å²) in [5.74, 6) is 0.204. The topological polar surface area (TPSA) is 29.5 Å². The first-order valence-corrected chi connectivity index (χ1v) is 8.65. The van der Waals surface area contributed by atoms with E-state index in [2.05, 4.69) is 6.07 Å².